The first-order valence-corrected chi connectivity index (χ1v) is 5.70. The average Bonchev–Trinajstić information content (AvgIpc) is 2.11. The molecule has 0 amide bonds. The van der Waals surface area contributed by atoms with Crippen molar-refractivity contribution < 1.29 is 0 Å². The van der Waals surface area contributed by atoms with Crippen molar-refractivity contribution in [1.82, 2.24) is 5.43 Å². The molecule has 0 atom stereocenters. The number of hydrazone groups is 1. The molecular weight excluding hydrogens is 186 g/mol. The molecule has 3 heteroatoms. The van der Waals surface area contributed by atoms with Crippen LogP contribution in [0, 0.1) is 5.92 Å². The number of aliphatic imine (C=N–C) groups is 1. The lowest BCUT2D eigenvalue weighted by Crippen LogP contribution is -2.18. The van der Waals surface area contributed by atoms with E-state index in [9.17, 15) is 0 Å². The Bertz CT molecular complexity index is 203. The third kappa shape index (κ3) is 9.44. The minimum atomic E-state index is 0.396. The molecule has 0 saturated heterocycles. The van der Waals surface area contributed by atoms with Crippen LogP contribution in [0.2, 0.25) is 0 Å². The number of nitrogens with one attached hydrogen (secondary N) is 1. The Morgan fingerprint density at radius 3 is 2.13 bits per heavy atom. The van der Waals surface area contributed by atoms with Gasteiger partial charge in [-0.3, -0.25) is 4.99 Å². The van der Waals surface area contributed by atoms with Gasteiger partial charge in [-0.25, -0.2) is 0 Å². The summed E-state index contributed by atoms with van der Waals surface area (Å²) in [6.45, 7) is 13.5. The lowest BCUT2D eigenvalue weighted by Gasteiger charge is -2.06. The highest BCUT2D eigenvalue weighted by Crippen LogP contribution is 1.96. The zero-order valence-electron chi connectivity index (χ0n) is 11.0. The fraction of sp³-hybridized carbons (Fsp3) is 0.833. The molecule has 0 bridgehead atoms. The van der Waals surface area contributed by atoms with Crippen LogP contribution in [0.1, 0.15) is 48.0 Å². The average molecular weight is 211 g/mol. The summed E-state index contributed by atoms with van der Waals surface area (Å²) in [6, 6.07) is 0.396. The first-order valence-electron chi connectivity index (χ1n) is 5.70. The van der Waals surface area contributed by atoms with E-state index in [0.29, 0.717) is 12.0 Å². The van der Waals surface area contributed by atoms with Gasteiger partial charge in [0.1, 0.15) is 0 Å². The third-order valence-corrected chi connectivity index (χ3v) is 1.75. The van der Waals surface area contributed by atoms with E-state index in [1.165, 1.54) is 0 Å². The maximum Gasteiger partial charge on any atom is 0.0411 e. The van der Waals surface area contributed by atoms with Crippen LogP contribution in [0.3, 0.4) is 0 Å². The van der Waals surface area contributed by atoms with Crippen molar-refractivity contribution in [2.45, 2.75) is 54.0 Å². The second-order valence-electron chi connectivity index (χ2n) is 4.78. The molecule has 0 aliphatic heterocycles. The van der Waals surface area contributed by atoms with Crippen LogP contribution in [0.4, 0.5) is 0 Å². The molecule has 1 N–H and O–H groups in total. The van der Waals surface area contributed by atoms with Crippen LogP contribution in [0.15, 0.2) is 10.1 Å². The minimum Gasteiger partial charge on any atom is -0.308 e. The van der Waals surface area contributed by atoms with Crippen molar-refractivity contribution in [3.05, 3.63) is 0 Å². The second kappa shape index (κ2) is 7.43. The van der Waals surface area contributed by atoms with Crippen molar-refractivity contribution in [1.29, 1.82) is 0 Å². The van der Waals surface area contributed by atoms with Crippen LogP contribution in [-0.2, 0) is 0 Å². The second-order valence-corrected chi connectivity index (χ2v) is 4.78. The SMILES string of the molecule is CC(C/C(C)=N\NC(C)C)=NCC(C)C. The van der Waals surface area contributed by atoms with Crippen LogP contribution in [-0.4, -0.2) is 24.0 Å². The van der Waals surface area contributed by atoms with Crippen molar-refractivity contribution in [2.75, 3.05) is 6.54 Å². The van der Waals surface area contributed by atoms with Gasteiger partial charge in [-0.2, -0.15) is 5.10 Å². The molecule has 0 heterocycles. The highest BCUT2D eigenvalue weighted by molar-refractivity contribution is 6.02. The quantitative estimate of drug-likeness (QED) is 0.532. The molecule has 0 aromatic carbocycles. The van der Waals surface area contributed by atoms with Gasteiger partial charge in [0.15, 0.2) is 0 Å². The highest BCUT2D eigenvalue weighted by Gasteiger charge is 1.97. The maximum atomic E-state index is 4.50. The molecule has 0 radical (unpaired) electrons. The summed E-state index contributed by atoms with van der Waals surface area (Å²) >= 11 is 0. The van der Waals surface area contributed by atoms with Crippen molar-refractivity contribution in [3.8, 4) is 0 Å². The van der Waals surface area contributed by atoms with E-state index in [1.54, 1.807) is 0 Å². The molecule has 0 aliphatic carbocycles. The van der Waals surface area contributed by atoms with Gasteiger partial charge in [0.2, 0.25) is 0 Å². The molecule has 0 aliphatic rings. The summed E-state index contributed by atoms with van der Waals surface area (Å²) in [7, 11) is 0. The van der Waals surface area contributed by atoms with E-state index in [1.807, 2.05) is 6.92 Å². The van der Waals surface area contributed by atoms with Crippen molar-refractivity contribution in [2.24, 2.45) is 16.0 Å². The summed E-state index contributed by atoms with van der Waals surface area (Å²) in [6.07, 6.45) is 0.868. The first-order chi connectivity index (χ1) is 6.91. The fourth-order valence-electron chi connectivity index (χ4n) is 1.04. The molecule has 0 fully saturated rings. The molecule has 0 aromatic rings. The highest BCUT2D eigenvalue weighted by atomic mass is 15.3. The Kier molecular flexibility index (Phi) is 7.01. The van der Waals surface area contributed by atoms with E-state index >= 15 is 0 Å². The lowest BCUT2D eigenvalue weighted by molar-refractivity contribution is 0.619. The third-order valence-electron chi connectivity index (χ3n) is 1.75. The maximum absolute atomic E-state index is 4.50. The Morgan fingerprint density at radius 1 is 1.07 bits per heavy atom. The van der Waals surface area contributed by atoms with Crippen LogP contribution < -0.4 is 5.43 Å². The smallest absolute Gasteiger partial charge is 0.0411 e. The fourth-order valence-corrected chi connectivity index (χ4v) is 1.04. The number of hydrogen-bond acceptors (Lipinski definition) is 3. The standard InChI is InChI=1S/C12H25N3/c1-9(2)8-13-11(5)7-12(6)15-14-10(3)4/h9-10,14H,7-8H2,1-6H3/b13-11?,15-12-. The van der Waals surface area contributed by atoms with E-state index in [4.69, 9.17) is 0 Å². The van der Waals surface area contributed by atoms with Gasteiger partial charge in [-0.15, -0.1) is 0 Å². The molecular formula is C12H25N3. The minimum absolute atomic E-state index is 0.396. The topological polar surface area (TPSA) is 36.8 Å². The van der Waals surface area contributed by atoms with Gasteiger partial charge in [0, 0.05) is 30.4 Å². The molecule has 0 unspecified atom stereocenters. The van der Waals surface area contributed by atoms with E-state index in [-0.39, 0.29) is 0 Å². The summed E-state index contributed by atoms with van der Waals surface area (Å²) < 4.78 is 0. The molecule has 15 heavy (non-hydrogen) atoms. The van der Waals surface area contributed by atoms with Crippen LogP contribution >= 0.6 is 0 Å². The predicted molar refractivity (Wildman–Crippen MR) is 68.8 cm³/mol. The normalized spacial score (nSPS) is 13.9. The Hall–Kier alpha value is -0.860. The van der Waals surface area contributed by atoms with Gasteiger partial charge in [-0.1, -0.05) is 13.8 Å². The summed E-state index contributed by atoms with van der Waals surface area (Å²) in [5.74, 6) is 0.631. The van der Waals surface area contributed by atoms with Crippen molar-refractivity contribution in [3.63, 3.8) is 0 Å². The van der Waals surface area contributed by atoms with Crippen LogP contribution in [0.25, 0.3) is 0 Å². The number of rotatable bonds is 6. The van der Waals surface area contributed by atoms with Crippen LogP contribution in [0.5, 0.6) is 0 Å². The van der Waals surface area contributed by atoms with Gasteiger partial charge in [0.05, 0.1) is 0 Å². The predicted octanol–water partition coefficient (Wildman–Crippen LogP) is 2.87. The molecule has 88 valence electrons. The Labute approximate surface area is 94.1 Å². The lowest BCUT2D eigenvalue weighted by atomic mass is 10.2. The van der Waals surface area contributed by atoms with Crippen molar-refractivity contribution >= 4 is 11.4 Å². The molecule has 0 saturated carbocycles. The number of nitrogens with zero attached hydrogens (tertiary/aromatic N) is 2. The molecule has 3 nitrogen and oxygen atoms in total. The summed E-state index contributed by atoms with van der Waals surface area (Å²) in [5, 5.41) is 4.28. The van der Waals surface area contributed by atoms with Gasteiger partial charge in [-0.05, 0) is 33.6 Å². The van der Waals surface area contributed by atoms with E-state index in [0.717, 1.165) is 24.4 Å². The van der Waals surface area contributed by atoms with Gasteiger partial charge < -0.3 is 5.43 Å². The summed E-state index contributed by atoms with van der Waals surface area (Å²) in [4.78, 5) is 4.50. The largest absolute Gasteiger partial charge is 0.308 e. The van der Waals surface area contributed by atoms with E-state index < -0.39 is 0 Å². The van der Waals surface area contributed by atoms with Gasteiger partial charge in [0.25, 0.3) is 0 Å². The molecule has 0 spiro atoms. The Balaban J connectivity index is 3.99. The van der Waals surface area contributed by atoms with E-state index in [2.05, 4.69) is 50.1 Å². The first kappa shape index (κ1) is 14.1. The zero-order chi connectivity index (χ0) is 11.8. The zero-order valence-corrected chi connectivity index (χ0v) is 11.0. The molecule has 0 aromatic heterocycles. The molecule has 0 rings (SSSR count). The summed E-state index contributed by atoms with van der Waals surface area (Å²) in [5.41, 5.74) is 5.30. The monoisotopic (exact) mass is 211 g/mol. The Morgan fingerprint density at radius 2 is 1.67 bits per heavy atom. The van der Waals surface area contributed by atoms with Gasteiger partial charge >= 0.3 is 0 Å². The number of hydrogen-bond donors (Lipinski definition) is 1.